The number of carbonyl (C=O) groups is 1. The van der Waals surface area contributed by atoms with Gasteiger partial charge in [0.1, 0.15) is 0 Å². The summed E-state index contributed by atoms with van der Waals surface area (Å²) in [5.41, 5.74) is 1.35. The molecule has 1 N–H and O–H groups in total. The average Bonchev–Trinajstić information content (AvgIpc) is 2.59. The van der Waals surface area contributed by atoms with Crippen LogP contribution in [0.15, 0.2) is 48.5 Å². The van der Waals surface area contributed by atoms with Crippen molar-refractivity contribution in [3.63, 3.8) is 0 Å². The minimum Gasteiger partial charge on any atom is -0.466 e. The van der Waals surface area contributed by atoms with Gasteiger partial charge in [-0.3, -0.25) is 4.79 Å². The molecule has 2 aromatic carbocycles. The smallest absolute Gasteiger partial charge is 0.416 e. The van der Waals surface area contributed by atoms with E-state index in [1.807, 2.05) is 31.2 Å². The molecule has 0 unspecified atom stereocenters. The van der Waals surface area contributed by atoms with Gasteiger partial charge in [0.2, 0.25) is 0 Å². The van der Waals surface area contributed by atoms with Gasteiger partial charge in [0, 0.05) is 12.6 Å². The molecule has 2 rings (SSSR count). The Balaban J connectivity index is 2.19. The normalized spacial score (nSPS) is 12.7. The van der Waals surface area contributed by atoms with Crippen LogP contribution in [0.4, 0.5) is 13.2 Å². The first-order valence-electron chi connectivity index (χ1n) is 8.42. The van der Waals surface area contributed by atoms with Gasteiger partial charge in [0.15, 0.2) is 0 Å². The molecule has 6 heteroatoms. The van der Waals surface area contributed by atoms with Crippen LogP contribution in [0, 0.1) is 6.92 Å². The summed E-state index contributed by atoms with van der Waals surface area (Å²) in [5, 5.41) is 3.07. The van der Waals surface area contributed by atoms with E-state index in [1.165, 1.54) is 12.1 Å². The molecule has 0 fully saturated rings. The fraction of sp³-hybridized carbons (Fsp3) is 0.350. The first-order valence-corrected chi connectivity index (χ1v) is 8.42. The SMILES string of the molecule is CCOC(=O)C[C@@H](NCc1ccccc1C(F)(F)F)c1ccc(C)cc1. The Bertz CT molecular complexity index is 727. The molecule has 0 bridgehead atoms. The second kappa shape index (κ2) is 8.85. The largest absolute Gasteiger partial charge is 0.466 e. The molecular formula is C20H22F3NO2. The Morgan fingerprint density at radius 3 is 2.38 bits per heavy atom. The van der Waals surface area contributed by atoms with E-state index in [4.69, 9.17) is 4.74 Å². The van der Waals surface area contributed by atoms with Crippen molar-refractivity contribution in [3.05, 3.63) is 70.8 Å². The predicted molar refractivity (Wildman–Crippen MR) is 93.5 cm³/mol. The van der Waals surface area contributed by atoms with Crippen molar-refractivity contribution < 1.29 is 22.7 Å². The lowest BCUT2D eigenvalue weighted by atomic mass is 10.0. The molecule has 0 heterocycles. The molecule has 0 aliphatic heterocycles. The fourth-order valence-electron chi connectivity index (χ4n) is 2.68. The van der Waals surface area contributed by atoms with Gasteiger partial charge in [-0.1, -0.05) is 48.0 Å². The van der Waals surface area contributed by atoms with E-state index in [0.29, 0.717) is 0 Å². The van der Waals surface area contributed by atoms with Crippen LogP contribution in [0.5, 0.6) is 0 Å². The van der Waals surface area contributed by atoms with E-state index in [-0.39, 0.29) is 25.1 Å². The molecule has 0 spiro atoms. The Kier molecular flexibility index (Phi) is 6.80. The molecule has 0 aliphatic carbocycles. The van der Waals surface area contributed by atoms with E-state index in [1.54, 1.807) is 13.0 Å². The molecule has 0 aromatic heterocycles. The summed E-state index contributed by atoms with van der Waals surface area (Å²) in [5.74, 6) is -0.394. The average molecular weight is 365 g/mol. The number of alkyl halides is 3. The Hall–Kier alpha value is -2.34. The van der Waals surface area contributed by atoms with Crippen LogP contribution in [-0.2, 0) is 22.3 Å². The van der Waals surface area contributed by atoms with E-state index >= 15 is 0 Å². The highest BCUT2D eigenvalue weighted by Gasteiger charge is 2.33. The third-order valence-electron chi connectivity index (χ3n) is 4.02. The standard InChI is InChI=1S/C20H22F3NO2/c1-3-26-19(25)12-18(15-10-8-14(2)9-11-15)24-13-16-6-4-5-7-17(16)20(21,22)23/h4-11,18,24H,3,12-13H2,1-2H3/t18-/m1/s1. The van der Waals surface area contributed by atoms with Gasteiger partial charge in [-0.05, 0) is 31.0 Å². The van der Waals surface area contributed by atoms with Crippen LogP contribution in [0.2, 0.25) is 0 Å². The highest BCUT2D eigenvalue weighted by Crippen LogP contribution is 2.32. The number of benzene rings is 2. The molecule has 140 valence electrons. The summed E-state index contributed by atoms with van der Waals surface area (Å²) in [6, 6.07) is 12.5. The fourth-order valence-corrected chi connectivity index (χ4v) is 2.68. The number of nitrogens with one attached hydrogen (secondary N) is 1. The van der Waals surface area contributed by atoms with Crippen LogP contribution in [0.1, 0.15) is 41.6 Å². The third-order valence-corrected chi connectivity index (χ3v) is 4.02. The summed E-state index contributed by atoms with van der Waals surface area (Å²) in [4.78, 5) is 11.9. The zero-order valence-electron chi connectivity index (χ0n) is 14.8. The second-order valence-corrected chi connectivity index (χ2v) is 6.01. The molecule has 0 aliphatic rings. The number of aryl methyl sites for hydroxylation is 1. The van der Waals surface area contributed by atoms with Gasteiger partial charge in [0.25, 0.3) is 0 Å². The number of hydrogen-bond donors (Lipinski definition) is 1. The van der Waals surface area contributed by atoms with Crippen molar-refractivity contribution >= 4 is 5.97 Å². The van der Waals surface area contributed by atoms with Gasteiger partial charge in [-0.2, -0.15) is 13.2 Å². The number of ether oxygens (including phenoxy) is 1. The zero-order chi connectivity index (χ0) is 19.2. The number of esters is 1. The van der Waals surface area contributed by atoms with Crippen molar-refractivity contribution in [2.45, 2.75) is 39.0 Å². The van der Waals surface area contributed by atoms with Gasteiger partial charge in [0.05, 0.1) is 18.6 Å². The lowest BCUT2D eigenvalue weighted by Crippen LogP contribution is -2.25. The van der Waals surface area contributed by atoms with Crippen molar-refractivity contribution in [2.75, 3.05) is 6.61 Å². The topological polar surface area (TPSA) is 38.3 Å². The maximum atomic E-state index is 13.1. The summed E-state index contributed by atoms with van der Waals surface area (Å²) in [6.45, 7) is 3.91. The molecule has 0 saturated carbocycles. The van der Waals surface area contributed by atoms with Crippen LogP contribution in [0.25, 0.3) is 0 Å². The zero-order valence-corrected chi connectivity index (χ0v) is 14.8. The molecule has 2 aromatic rings. The van der Waals surface area contributed by atoms with Gasteiger partial charge in [-0.25, -0.2) is 0 Å². The van der Waals surface area contributed by atoms with Crippen LogP contribution in [-0.4, -0.2) is 12.6 Å². The summed E-state index contributed by atoms with van der Waals surface area (Å²) in [6.07, 6.45) is -4.37. The monoisotopic (exact) mass is 365 g/mol. The quantitative estimate of drug-likeness (QED) is 0.717. The molecule has 26 heavy (non-hydrogen) atoms. The van der Waals surface area contributed by atoms with Crippen LogP contribution < -0.4 is 5.32 Å². The minimum atomic E-state index is -4.42. The third kappa shape index (κ3) is 5.59. The Labute approximate surface area is 151 Å². The number of halogens is 3. The minimum absolute atomic E-state index is 0.00632. The van der Waals surface area contributed by atoms with Gasteiger partial charge >= 0.3 is 12.1 Å². The first kappa shape index (κ1) is 20.0. The number of hydrogen-bond acceptors (Lipinski definition) is 3. The second-order valence-electron chi connectivity index (χ2n) is 6.01. The van der Waals surface area contributed by atoms with Gasteiger partial charge in [-0.15, -0.1) is 0 Å². The summed E-state index contributed by atoms with van der Waals surface area (Å²) in [7, 11) is 0. The van der Waals surface area contributed by atoms with E-state index in [0.717, 1.165) is 17.2 Å². The lowest BCUT2D eigenvalue weighted by molar-refractivity contribution is -0.144. The highest BCUT2D eigenvalue weighted by molar-refractivity contribution is 5.70. The Morgan fingerprint density at radius 1 is 1.12 bits per heavy atom. The molecular weight excluding hydrogens is 343 g/mol. The van der Waals surface area contributed by atoms with Crippen LogP contribution in [0.3, 0.4) is 0 Å². The summed E-state index contributed by atoms with van der Waals surface area (Å²) >= 11 is 0. The van der Waals surface area contributed by atoms with Gasteiger partial charge < -0.3 is 10.1 Å². The maximum absolute atomic E-state index is 13.1. The lowest BCUT2D eigenvalue weighted by Gasteiger charge is -2.20. The van der Waals surface area contributed by atoms with Crippen molar-refractivity contribution in [3.8, 4) is 0 Å². The van der Waals surface area contributed by atoms with Crippen molar-refractivity contribution in [1.29, 1.82) is 0 Å². The van der Waals surface area contributed by atoms with Crippen LogP contribution >= 0.6 is 0 Å². The Morgan fingerprint density at radius 2 is 1.77 bits per heavy atom. The first-order chi connectivity index (χ1) is 12.3. The van der Waals surface area contributed by atoms with E-state index < -0.39 is 23.8 Å². The van der Waals surface area contributed by atoms with Crippen molar-refractivity contribution in [1.82, 2.24) is 5.32 Å². The molecule has 1 atom stereocenters. The molecule has 3 nitrogen and oxygen atoms in total. The van der Waals surface area contributed by atoms with E-state index in [9.17, 15) is 18.0 Å². The molecule has 0 radical (unpaired) electrons. The molecule has 0 saturated heterocycles. The number of rotatable bonds is 7. The maximum Gasteiger partial charge on any atom is 0.416 e. The highest BCUT2D eigenvalue weighted by atomic mass is 19.4. The molecule has 0 amide bonds. The van der Waals surface area contributed by atoms with E-state index in [2.05, 4.69) is 5.32 Å². The predicted octanol–water partition coefficient (Wildman–Crippen LogP) is 4.80. The summed E-state index contributed by atoms with van der Waals surface area (Å²) < 4.78 is 44.4. The number of carbonyl (C=O) groups excluding carboxylic acids is 1. The van der Waals surface area contributed by atoms with Crippen molar-refractivity contribution in [2.24, 2.45) is 0 Å².